The van der Waals surface area contributed by atoms with Crippen molar-refractivity contribution in [1.29, 1.82) is 0 Å². The minimum absolute atomic E-state index is 0.0390. The van der Waals surface area contributed by atoms with Gasteiger partial charge in [0, 0.05) is 30.3 Å². The Morgan fingerprint density at radius 2 is 2.22 bits per heavy atom. The number of likely N-dealkylation sites (tertiary alicyclic amines) is 1. The molecule has 4 rings (SSSR count). The Labute approximate surface area is 225 Å². The average Bonchev–Trinajstić information content (AvgIpc) is 3.29. The highest BCUT2D eigenvalue weighted by Gasteiger charge is 2.31. The number of benzene rings is 1. The van der Waals surface area contributed by atoms with Crippen LogP contribution in [0.15, 0.2) is 46.1 Å². The van der Waals surface area contributed by atoms with Crippen molar-refractivity contribution in [2.75, 3.05) is 32.5 Å². The molecule has 0 amide bonds. The molecule has 1 saturated heterocycles. The van der Waals surface area contributed by atoms with E-state index in [9.17, 15) is 9.90 Å². The summed E-state index contributed by atoms with van der Waals surface area (Å²) < 4.78 is 21.9. The number of piperidine rings is 1. The lowest BCUT2D eigenvalue weighted by molar-refractivity contribution is -0.139. The number of nitrogens with zero attached hydrogens (tertiary/aromatic N) is 2. The molecule has 1 fully saturated rings. The molecule has 1 aliphatic rings. The van der Waals surface area contributed by atoms with Gasteiger partial charge in [-0.15, -0.1) is 23.1 Å². The highest BCUT2D eigenvalue weighted by Crippen LogP contribution is 2.37. The molecular weight excluding hydrogens is 519 g/mol. The molecule has 0 aliphatic carbocycles. The van der Waals surface area contributed by atoms with Gasteiger partial charge in [-0.2, -0.15) is 0 Å². The van der Waals surface area contributed by atoms with Crippen LogP contribution in [-0.4, -0.2) is 53.5 Å². The highest BCUT2D eigenvalue weighted by atomic mass is 35.5. The van der Waals surface area contributed by atoms with Crippen LogP contribution in [0.4, 0.5) is 4.39 Å². The Morgan fingerprint density at radius 3 is 2.97 bits per heavy atom. The summed E-state index contributed by atoms with van der Waals surface area (Å²) in [5.74, 6) is 1.13. The summed E-state index contributed by atoms with van der Waals surface area (Å²) in [7, 11) is 1.59. The van der Waals surface area contributed by atoms with Gasteiger partial charge >= 0.3 is 5.97 Å². The molecule has 0 saturated carbocycles. The van der Waals surface area contributed by atoms with Crippen LogP contribution in [-0.2, 0) is 4.79 Å². The van der Waals surface area contributed by atoms with E-state index in [1.54, 1.807) is 42.5 Å². The van der Waals surface area contributed by atoms with Gasteiger partial charge < -0.3 is 14.7 Å². The smallest absolute Gasteiger partial charge is 0.303 e. The van der Waals surface area contributed by atoms with Crippen LogP contribution in [0.2, 0.25) is 5.02 Å². The molecule has 3 atom stereocenters. The Bertz CT molecular complexity index is 1160. The number of carboxylic acids is 1. The number of rotatable bonds is 12. The van der Waals surface area contributed by atoms with E-state index in [0.29, 0.717) is 24.2 Å². The van der Waals surface area contributed by atoms with E-state index in [-0.39, 0.29) is 18.3 Å². The Kier molecular flexibility index (Phi) is 9.87. The van der Waals surface area contributed by atoms with E-state index < -0.39 is 12.1 Å². The third-order valence-electron chi connectivity index (χ3n) is 6.96. The Hall–Kier alpha value is -1.87. The summed E-state index contributed by atoms with van der Waals surface area (Å²) in [6, 6.07) is 9.17. The van der Waals surface area contributed by atoms with E-state index in [4.69, 9.17) is 16.3 Å². The first-order valence-electron chi connectivity index (χ1n) is 12.3. The van der Waals surface area contributed by atoms with Crippen molar-refractivity contribution in [2.45, 2.75) is 42.5 Å². The lowest BCUT2D eigenvalue weighted by Gasteiger charge is -2.38. The number of aromatic nitrogens is 1. The molecule has 3 aromatic rings. The fraction of sp³-hybridized carbons (Fsp3) is 0.481. The molecule has 0 radical (unpaired) electrons. The molecule has 0 unspecified atom stereocenters. The summed E-state index contributed by atoms with van der Waals surface area (Å²) in [5.41, 5.74) is 1.36. The van der Waals surface area contributed by atoms with Gasteiger partial charge in [-0.1, -0.05) is 11.6 Å². The fourth-order valence-electron chi connectivity index (χ4n) is 5.09. The van der Waals surface area contributed by atoms with Crippen LogP contribution in [0, 0.1) is 11.8 Å². The van der Waals surface area contributed by atoms with Crippen LogP contribution in [0.5, 0.6) is 5.75 Å². The second kappa shape index (κ2) is 13.1. The molecule has 0 spiro atoms. The van der Waals surface area contributed by atoms with Crippen molar-refractivity contribution in [3.05, 3.63) is 52.5 Å². The summed E-state index contributed by atoms with van der Waals surface area (Å²) in [4.78, 5) is 18.3. The van der Waals surface area contributed by atoms with E-state index in [2.05, 4.69) is 9.88 Å². The number of ether oxygens (including phenoxy) is 1. The van der Waals surface area contributed by atoms with Gasteiger partial charge in [0.15, 0.2) is 0 Å². The number of alkyl halides is 1. The fourth-order valence-corrected chi connectivity index (χ4v) is 7.39. The first kappa shape index (κ1) is 27.2. The van der Waals surface area contributed by atoms with Crippen LogP contribution >= 0.6 is 34.7 Å². The third kappa shape index (κ3) is 7.12. The van der Waals surface area contributed by atoms with Gasteiger partial charge in [0.05, 0.1) is 21.9 Å². The lowest BCUT2D eigenvalue weighted by atomic mass is 9.79. The summed E-state index contributed by atoms with van der Waals surface area (Å²) in [6.45, 7) is 2.63. The number of hydrogen-bond donors (Lipinski definition) is 1. The maximum Gasteiger partial charge on any atom is 0.303 e. The number of methoxy groups -OCH3 is 1. The number of fused-ring (bicyclic) bond motifs is 1. The number of halogens is 2. The first-order valence-corrected chi connectivity index (χ1v) is 14.6. The highest BCUT2D eigenvalue weighted by molar-refractivity contribution is 8.01. The first-order chi connectivity index (χ1) is 17.4. The van der Waals surface area contributed by atoms with Crippen molar-refractivity contribution in [3.8, 4) is 5.75 Å². The monoisotopic (exact) mass is 550 g/mol. The van der Waals surface area contributed by atoms with Gasteiger partial charge in [-0.25, -0.2) is 4.39 Å². The minimum Gasteiger partial charge on any atom is -0.497 e. The predicted octanol–water partition coefficient (Wildman–Crippen LogP) is 7.34. The van der Waals surface area contributed by atoms with Crippen molar-refractivity contribution >= 4 is 51.6 Å². The topological polar surface area (TPSA) is 62.7 Å². The second-order valence-electron chi connectivity index (χ2n) is 9.29. The number of pyridine rings is 1. The molecule has 1 aliphatic heterocycles. The summed E-state index contributed by atoms with van der Waals surface area (Å²) in [5, 5.41) is 13.1. The summed E-state index contributed by atoms with van der Waals surface area (Å²) in [6.07, 6.45) is 3.61. The van der Waals surface area contributed by atoms with Crippen LogP contribution < -0.4 is 4.74 Å². The van der Waals surface area contributed by atoms with Crippen LogP contribution in [0.1, 0.15) is 43.8 Å². The zero-order valence-electron chi connectivity index (χ0n) is 20.4. The Balaban J connectivity index is 1.32. The number of thiophene rings is 1. The quantitative estimate of drug-likeness (QED) is 0.188. The van der Waals surface area contributed by atoms with E-state index in [1.165, 1.54) is 0 Å². The molecule has 1 N–H and O–H groups in total. The van der Waals surface area contributed by atoms with Gasteiger partial charge in [0.2, 0.25) is 0 Å². The number of aliphatic carboxylic acids is 1. The largest absolute Gasteiger partial charge is 0.497 e. The SMILES string of the molecule is COc1ccc2nccc([C@H](F)CC[C@@H]3CCN(CCCSc4sccc4Cl)C[C@@H]3CC(=O)O)c2c1. The molecule has 36 heavy (non-hydrogen) atoms. The number of carboxylic acid groups (broad SMARTS) is 1. The van der Waals surface area contributed by atoms with Crippen molar-refractivity contribution < 1.29 is 19.0 Å². The third-order valence-corrected chi connectivity index (χ3v) is 9.82. The number of hydrogen-bond acceptors (Lipinski definition) is 6. The molecule has 5 nitrogen and oxygen atoms in total. The van der Waals surface area contributed by atoms with E-state index >= 15 is 4.39 Å². The maximum absolute atomic E-state index is 15.5. The predicted molar refractivity (Wildman–Crippen MR) is 146 cm³/mol. The number of thioether (sulfide) groups is 1. The molecule has 194 valence electrons. The zero-order valence-corrected chi connectivity index (χ0v) is 22.8. The Morgan fingerprint density at radius 1 is 1.36 bits per heavy atom. The van der Waals surface area contributed by atoms with Gasteiger partial charge in [0.25, 0.3) is 0 Å². The molecule has 2 aromatic heterocycles. The van der Waals surface area contributed by atoms with Gasteiger partial charge in [0.1, 0.15) is 11.9 Å². The van der Waals surface area contributed by atoms with Crippen LogP contribution in [0.3, 0.4) is 0 Å². The maximum atomic E-state index is 15.5. The molecule has 3 heterocycles. The second-order valence-corrected chi connectivity index (χ2v) is 12.0. The number of carbonyl (C=O) groups is 1. The molecule has 1 aromatic carbocycles. The average molecular weight is 551 g/mol. The van der Waals surface area contributed by atoms with Crippen molar-refractivity contribution in [2.24, 2.45) is 11.8 Å². The summed E-state index contributed by atoms with van der Waals surface area (Å²) >= 11 is 9.61. The molecular formula is C27H32ClFN2O3S2. The zero-order chi connectivity index (χ0) is 25.5. The van der Waals surface area contributed by atoms with E-state index in [1.807, 2.05) is 29.6 Å². The standard InChI is InChI=1S/C27H32ClFN2O3S2/c1-34-20-4-6-25-22(16-20)21(7-10-30-25)24(29)5-3-18-8-12-31(17-19(18)15-26(32)33)11-2-13-35-27-23(28)9-14-36-27/h4,6-7,9-10,14,16,18-19,24H,2-3,5,8,11-13,15,17H2,1H3,(H,32,33)/t18-,19+,24-/m1/s1. The van der Waals surface area contributed by atoms with Crippen molar-refractivity contribution in [1.82, 2.24) is 9.88 Å². The molecule has 9 heteroatoms. The van der Waals surface area contributed by atoms with E-state index in [0.717, 1.165) is 58.4 Å². The van der Waals surface area contributed by atoms with Gasteiger partial charge in [-0.3, -0.25) is 9.78 Å². The van der Waals surface area contributed by atoms with Crippen molar-refractivity contribution in [3.63, 3.8) is 0 Å². The van der Waals surface area contributed by atoms with Crippen LogP contribution in [0.25, 0.3) is 10.9 Å². The lowest BCUT2D eigenvalue weighted by Crippen LogP contribution is -2.42. The molecule has 0 bridgehead atoms. The van der Waals surface area contributed by atoms with Gasteiger partial charge in [-0.05, 0) is 91.9 Å². The normalized spacial score (nSPS) is 19.4. The minimum atomic E-state index is -1.13.